The molecule has 2 N–H and O–H groups in total. The van der Waals surface area contributed by atoms with Crippen LogP contribution in [-0.4, -0.2) is 67.7 Å². The summed E-state index contributed by atoms with van der Waals surface area (Å²) in [6.45, 7) is 5.37. The lowest BCUT2D eigenvalue weighted by Gasteiger charge is -2.26. The smallest absolute Gasteiger partial charge is 0.243 e. The van der Waals surface area contributed by atoms with Gasteiger partial charge in [-0.1, -0.05) is 12.1 Å². The van der Waals surface area contributed by atoms with E-state index in [0.29, 0.717) is 13.2 Å². The Bertz CT molecular complexity index is 497. The number of hydrogen-bond donors (Lipinski definition) is 2. The summed E-state index contributed by atoms with van der Waals surface area (Å²) in [5.74, 6) is 2.48. The number of nitrogens with zero attached hydrogens (tertiary/aromatic N) is 1. The maximum atomic E-state index is 12.1. The number of morpholine rings is 1. The summed E-state index contributed by atoms with van der Waals surface area (Å²) in [7, 11) is 0. The second-order valence-corrected chi connectivity index (χ2v) is 7.20. The van der Waals surface area contributed by atoms with Crippen molar-refractivity contribution in [2.45, 2.75) is 12.5 Å². The van der Waals surface area contributed by atoms with Gasteiger partial charge in [0, 0.05) is 43.4 Å². The molecule has 3 rings (SSSR count). The molecule has 5 nitrogen and oxygen atoms in total. The van der Waals surface area contributed by atoms with Crippen LogP contribution < -0.4 is 10.6 Å². The van der Waals surface area contributed by atoms with Crippen molar-refractivity contribution < 1.29 is 9.53 Å². The average Bonchev–Trinajstić information content (AvgIpc) is 2.63. The third-order valence-electron chi connectivity index (χ3n) is 4.28. The van der Waals surface area contributed by atoms with Crippen LogP contribution in [0.3, 0.4) is 0 Å². The zero-order valence-electron chi connectivity index (χ0n) is 13.4. The van der Waals surface area contributed by atoms with Gasteiger partial charge >= 0.3 is 0 Å². The largest absolute Gasteiger partial charge is 0.378 e. The molecular formula is C17H25N3O2S. The molecule has 126 valence electrons. The Balaban J connectivity index is 1.45. The third kappa shape index (κ3) is 5.21. The van der Waals surface area contributed by atoms with E-state index >= 15 is 0 Å². The molecule has 2 heterocycles. The van der Waals surface area contributed by atoms with Gasteiger partial charge in [0.25, 0.3) is 0 Å². The molecule has 1 amide bonds. The molecule has 2 saturated heterocycles. The van der Waals surface area contributed by atoms with Gasteiger partial charge in [0.1, 0.15) is 6.04 Å². The van der Waals surface area contributed by atoms with Crippen molar-refractivity contribution in [3.63, 3.8) is 0 Å². The van der Waals surface area contributed by atoms with Crippen molar-refractivity contribution in [1.82, 2.24) is 10.2 Å². The zero-order chi connectivity index (χ0) is 15.9. The first kappa shape index (κ1) is 16.8. The van der Waals surface area contributed by atoms with Crippen LogP contribution >= 0.6 is 11.8 Å². The predicted octanol–water partition coefficient (Wildman–Crippen LogP) is 1.20. The number of thioether (sulfide) groups is 1. The van der Waals surface area contributed by atoms with Crippen molar-refractivity contribution >= 4 is 23.4 Å². The number of hydrogen-bond acceptors (Lipinski definition) is 5. The third-order valence-corrected chi connectivity index (χ3v) is 5.22. The highest BCUT2D eigenvalue weighted by Crippen LogP contribution is 2.13. The van der Waals surface area contributed by atoms with Crippen LogP contribution in [0.1, 0.15) is 5.56 Å². The number of amides is 1. The highest BCUT2D eigenvalue weighted by atomic mass is 32.2. The number of benzene rings is 1. The van der Waals surface area contributed by atoms with Crippen LogP contribution in [-0.2, 0) is 16.0 Å². The maximum Gasteiger partial charge on any atom is 0.243 e. The monoisotopic (exact) mass is 335 g/mol. The first-order valence-electron chi connectivity index (χ1n) is 8.32. The molecule has 2 fully saturated rings. The minimum absolute atomic E-state index is 0.0248. The minimum atomic E-state index is -0.250. The number of rotatable bonds is 5. The lowest BCUT2D eigenvalue weighted by Crippen LogP contribution is -2.48. The van der Waals surface area contributed by atoms with E-state index in [0.717, 1.165) is 25.2 Å². The summed E-state index contributed by atoms with van der Waals surface area (Å²) in [5.41, 5.74) is 2.17. The summed E-state index contributed by atoms with van der Waals surface area (Å²) in [6.07, 6.45) is 1.07. The van der Waals surface area contributed by atoms with Gasteiger partial charge in [-0.15, -0.1) is 0 Å². The minimum Gasteiger partial charge on any atom is -0.378 e. The van der Waals surface area contributed by atoms with Gasteiger partial charge in [0.2, 0.25) is 5.91 Å². The molecule has 0 aromatic heterocycles. The summed E-state index contributed by atoms with van der Waals surface area (Å²) in [6, 6.07) is 7.95. The van der Waals surface area contributed by atoms with E-state index in [2.05, 4.69) is 27.7 Å². The topological polar surface area (TPSA) is 53.6 Å². The molecule has 0 aliphatic carbocycles. The molecule has 1 atom stereocenters. The molecule has 0 spiro atoms. The summed E-state index contributed by atoms with van der Waals surface area (Å²) in [4.78, 5) is 14.7. The van der Waals surface area contributed by atoms with Crippen molar-refractivity contribution in [2.24, 2.45) is 0 Å². The Morgan fingerprint density at radius 1 is 1.30 bits per heavy atom. The molecule has 23 heavy (non-hydrogen) atoms. The van der Waals surface area contributed by atoms with E-state index in [4.69, 9.17) is 4.74 Å². The Labute approximate surface area is 142 Å². The number of carbonyl (C=O) groups excluding carboxylic acids is 1. The van der Waals surface area contributed by atoms with E-state index in [9.17, 15) is 4.79 Å². The van der Waals surface area contributed by atoms with Gasteiger partial charge < -0.3 is 20.3 Å². The van der Waals surface area contributed by atoms with Gasteiger partial charge in [-0.2, -0.15) is 11.8 Å². The summed E-state index contributed by atoms with van der Waals surface area (Å²) < 4.78 is 5.32. The first-order valence-corrected chi connectivity index (χ1v) is 9.48. The molecule has 1 unspecified atom stereocenters. The van der Waals surface area contributed by atoms with Crippen molar-refractivity contribution in [1.29, 1.82) is 0 Å². The Morgan fingerprint density at radius 2 is 2.09 bits per heavy atom. The molecule has 1 aromatic carbocycles. The second-order valence-electron chi connectivity index (χ2n) is 5.97. The Morgan fingerprint density at radius 3 is 2.78 bits per heavy atom. The molecule has 6 heteroatoms. The van der Waals surface area contributed by atoms with E-state index in [1.807, 2.05) is 23.9 Å². The standard InChI is InChI=1S/C17H25N3O2S/c21-17(16-13-22-10-6-18-16)19-15-3-1-14(2-4-15)5-7-20-8-11-23-12-9-20/h1-4,16,18H,5-13H2,(H,19,21). The first-order chi connectivity index (χ1) is 11.3. The van der Waals surface area contributed by atoms with E-state index in [1.54, 1.807) is 0 Å². The summed E-state index contributed by atoms with van der Waals surface area (Å²) in [5, 5.41) is 6.11. The van der Waals surface area contributed by atoms with Crippen molar-refractivity contribution in [3.05, 3.63) is 29.8 Å². The van der Waals surface area contributed by atoms with Crippen molar-refractivity contribution in [2.75, 3.05) is 56.2 Å². The van der Waals surface area contributed by atoms with Crippen LogP contribution in [0.25, 0.3) is 0 Å². The highest BCUT2D eigenvalue weighted by molar-refractivity contribution is 7.99. The molecule has 2 aliphatic heterocycles. The number of ether oxygens (including phenoxy) is 1. The lowest BCUT2D eigenvalue weighted by atomic mass is 10.1. The SMILES string of the molecule is O=C(Nc1ccc(CCN2CCSCC2)cc1)C1COCCN1. The van der Waals surface area contributed by atoms with Crippen molar-refractivity contribution in [3.8, 4) is 0 Å². The maximum absolute atomic E-state index is 12.1. The van der Waals surface area contributed by atoms with E-state index < -0.39 is 0 Å². The quantitative estimate of drug-likeness (QED) is 0.847. The van der Waals surface area contributed by atoms with Crippen LogP contribution in [0.5, 0.6) is 0 Å². The normalized spacial score (nSPS) is 22.7. The summed E-state index contributed by atoms with van der Waals surface area (Å²) >= 11 is 2.04. The molecule has 1 aromatic rings. The fourth-order valence-corrected chi connectivity index (χ4v) is 3.81. The number of carbonyl (C=O) groups is 1. The highest BCUT2D eigenvalue weighted by Gasteiger charge is 2.21. The molecule has 2 aliphatic rings. The Hall–Kier alpha value is -1.08. The van der Waals surface area contributed by atoms with Crippen LogP contribution in [0.2, 0.25) is 0 Å². The van der Waals surface area contributed by atoms with Gasteiger partial charge in [-0.05, 0) is 24.1 Å². The van der Waals surface area contributed by atoms with Crippen LogP contribution in [0, 0.1) is 0 Å². The van der Waals surface area contributed by atoms with Gasteiger partial charge in [0.15, 0.2) is 0 Å². The van der Waals surface area contributed by atoms with Gasteiger partial charge in [-0.3, -0.25) is 4.79 Å². The average molecular weight is 335 g/mol. The number of nitrogens with one attached hydrogen (secondary N) is 2. The molecule has 0 radical (unpaired) electrons. The van der Waals surface area contributed by atoms with E-state index in [-0.39, 0.29) is 11.9 Å². The molecule has 0 bridgehead atoms. The second kappa shape index (κ2) is 8.68. The van der Waals surface area contributed by atoms with Gasteiger partial charge in [0.05, 0.1) is 13.2 Å². The molecular weight excluding hydrogens is 310 g/mol. The van der Waals surface area contributed by atoms with Gasteiger partial charge in [-0.25, -0.2) is 0 Å². The predicted molar refractivity (Wildman–Crippen MR) is 95.2 cm³/mol. The zero-order valence-corrected chi connectivity index (χ0v) is 14.2. The lowest BCUT2D eigenvalue weighted by molar-refractivity contribution is -0.120. The Kier molecular flexibility index (Phi) is 6.33. The molecule has 0 saturated carbocycles. The van der Waals surface area contributed by atoms with Crippen LogP contribution in [0.15, 0.2) is 24.3 Å². The van der Waals surface area contributed by atoms with E-state index in [1.165, 1.54) is 30.2 Å². The number of anilines is 1. The fourth-order valence-electron chi connectivity index (χ4n) is 2.83. The van der Waals surface area contributed by atoms with Crippen LogP contribution in [0.4, 0.5) is 5.69 Å². The fraction of sp³-hybridized carbons (Fsp3) is 0.588.